The van der Waals surface area contributed by atoms with E-state index in [4.69, 9.17) is 4.74 Å². The van der Waals surface area contributed by atoms with E-state index in [1.165, 1.54) is 21.0 Å². The van der Waals surface area contributed by atoms with Crippen molar-refractivity contribution >= 4 is 23.4 Å². The second-order valence-corrected chi connectivity index (χ2v) is 8.37. The smallest absolute Gasteiger partial charge is 0.265 e. The average molecular weight is 419 g/mol. The highest BCUT2D eigenvalue weighted by atomic mass is 16.5. The SMILES string of the molecule is O=C1COc2ccccc2N1CC(=O)N1CCCN1C(=O)CC1Cc2ccccc2C1. The first-order chi connectivity index (χ1) is 15.1. The zero-order chi connectivity index (χ0) is 21.4. The predicted octanol–water partition coefficient (Wildman–Crippen LogP) is 2.19. The Morgan fingerprint density at radius 3 is 2.29 bits per heavy atom. The van der Waals surface area contributed by atoms with Gasteiger partial charge in [-0.05, 0) is 48.4 Å². The predicted molar refractivity (Wildman–Crippen MR) is 114 cm³/mol. The third-order valence-corrected chi connectivity index (χ3v) is 6.31. The van der Waals surface area contributed by atoms with Crippen LogP contribution in [0.2, 0.25) is 0 Å². The van der Waals surface area contributed by atoms with Gasteiger partial charge >= 0.3 is 0 Å². The van der Waals surface area contributed by atoms with Crippen molar-refractivity contribution in [1.29, 1.82) is 0 Å². The lowest BCUT2D eigenvalue weighted by atomic mass is 10.0. The fourth-order valence-electron chi connectivity index (χ4n) is 4.82. The number of carbonyl (C=O) groups excluding carboxylic acids is 3. The molecule has 0 unspecified atom stereocenters. The van der Waals surface area contributed by atoms with E-state index in [0.717, 1.165) is 19.3 Å². The highest BCUT2D eigenvalue weighted by molar-refractivity contribution is 6.02. The van der Waals surface area contributed by atoms with E-state index in [9.17, 15) is 14.4 Å². The molecule has 2 aromatic rings. The topological polar surface area (TPSA) is 70.2 Å². The summed E-state index contributed by atoms with van der Waals surface area (Å²) >= 11 is 0. The van der Waals surface area contributed by atoms with Crippen molar-refractivity contribution < 1.29 is 19.1 Å². The van der Waals surface area contributed by atoms with E-state index in [0.29, 0.717) is 30.9 Å². The standard InChI is InChI=1S/C24H25N3O4/c28-22(14-17-12-18-6-1-2-7-19(18)13-17)26-10-5-11-27(26)23(29)15-25-20-8-3-4-9-21(20)31-16-24(25)30/h1-4,6-9,17H,5,10-16H2. The van der Waals surface area contributed by atoms with Crippen molar-refractivity contribution in [3.8, 4) is 5.75 Å². The van der Waals surface area contributed by atoms with Gasteiger partial charge in [0.25, 0.3) is 11.8 Å². The van der Waals surface area contributed by atoms with Crippen LogP contribution >= 0.6 is 0 Å². The second kappa shape index (κ2) is 8.06. The van der Waals surface area contributed by atoms with Gasteiger partial charge in [0.05, 0.1) is 5.69 Å². The molecule has 0 N–H and O–H groups in total. The highest BCUT2D eigenvalue weighted by Gasteiger charge is 2.35. The van der Waals surface area contributed by atoms with Crippen molar-refractivity contribution in [3.05, 3.63) is 59.7 Å². The van der Waals surface area contributed by atoms with Crippen molar-refractivity contribution in [2.24, 2.45) is 5.92 Å². The molecule has 0 bridgehead atoms. The second-order valence-electron chi connectivity index (χ2n) is 8.37. The van der Waals surface area contributed by atoms with Crippen LogP contribution in [0, 0.1) is 5.92 Å². The number of hydrogen-bond acceptors (Lipinski definition) is 4. The average Bonchev–Trinajstić information content (AvgIpc) is 3.42. The minimum atomic E-state index is -0.257. The molecular weight excluding hydrogens is 394 g/mol. The van der Waals surface area contributed by atoms with Crippen molar-refractivity contribution in [2.45, 2.75) is 25.7 Å². The Hall–Kier alpha value is -3.35. The van der Waals surface area contributed by atoms with Gasteiger partial charge in [-0.1, -0.05) is 36.4 Å². The van der Waals surface area contributed by atoms with Gasteiger partial charge in [0.15, 0.2) is 6.61 Å². The summed E-state index contributed by atoms with van der Waals surface area (Å²) in [4.78, 5) is 40.0. The van der Waals surface area contributed by atoms with Crippen molar-refractivity contribution in [2.75, 3.05) is 31.1 Å². The molecule has 0 spiro atoms. The minimum absolute atomic E-state index is 0.0163. The van der Waals surface area contributed by atoms with Crippen LogP contribution < -0.4 is 9.64 Å². The number of carbonyl (C=O) groups is 3. The number of anilines is 1. The quantitative estimate of drug-likeness (QED) is 0.762. The lowest BCUT2D eigenvalue weighted by molar-refractivity contribution is -0.157. The Kier molecular flexibility index (Phi) is 5.10. The first-order valence-corrected chi connectivity index (χ1v) is 10.8. The monoisotopic (exact) mass is 419 g/mol. The zero-order valence-electron chi connectivity index (χ0n) is 17.3. The number of hydrazine groups is 1. The summed E-state index contributed by atoms with van der Waals surface area (Å²) in [5.74, 6) is 0.344. The third kappa shape index (κ3) is 3.76. The van der Waals surface area contributed by atoms with E-state index < -0.39 is 0 Å². The molecule has 1 fully saturated rings. The molecule has 7 nitrogen and oxygen atoms in total. The molecule has 2 aliphatic heterocycles. The Bertz CT molecular complexity index is 1010. The summed E-state index contributed by atoms with van der Waals surface area (Å²) in [7, 11) is 0. The molecule has 5 rings (SSSR count). The van der Waals surface area contributed by atoms with Gasteiger partial charge in [-0.25, -0.2) is 5.01 Å². The summed E-state index contributed by atoms with van der Waals surface area (Å²) in [5.41, 5.74) is 3.23. The number of hydrogen-bond donors (Lipinski definition) is 0. The number of para-hydroxylation sites is 2. The van der Waals surface area contributed by atoms with Gasteiger partial charge in [0.2, 0.25) is 5.91 Å². The Balaban J connectivity index is 1.25. The molecule has 2 heterocycles. The minimum Gasteiger partial charge on any atom is -0.482 e. The Morgan fingerprint density at radius 2 is 1.55 bits per heavy atom. The molecule has 31 heavy (non-hydrogen) atoms. The molecule has 0 atom stereocenters. The molecule has 1 saturated heterocycles. The normalized spacial score (nSPS) is 18.1. The van der Waals surface area contributed by atoms with Gasteiger partial charge in [-0.3, -0.25) is 24.3 Å². The number of nitrogens with zero attached hydrogens (tertiary/aromatic N) is 3. The fourth-order valence-corrected chi connectivity index (χ4v) is 4.82. The molecule has 0 aromatic heterocycles. The van der Waals surface area contributed by atoms with Crippen LogP contribution in [0.5, 0.6) is 5.75 Å². The fraction of sp³-hybridized carbons (Fsp3) is 0.375. The van der Waals surface area contributed by atoms with Gasteiger partial charge in [-0.15, -0.1) is 0 Å². The summed E-state index contributed by atoms with van der Waals surface area (Å²) in [6, 6.07) is 15.5. The molecule has 7 heteroatoms. The maximum atomic E-state index is 13.1. The van der Waals surface area contributed by atoms with Crippen molar-refractivity contribution in [1.82, 2.24) is 10.0 Å². The number of amides is 3. The van der Waals surface area contributed by atoms with E-state index in [1.54, 1.807) is 17.1 Å². The van der Waals surface area contributed by atoms with Gasteiger partial charge in [0, 0.05) is 19.5 Å². The summed E-state index contributed by atoms with van der Waals surface area (Å²) in [6.07, 6.45) is 2.99. The molecule has 0 radical (unpaired) electrons. The number of rotatable bonds is 4. The highest BCUT2D eigenvalue weighted by Crippen LogP contribution is 2.32. The maximum Gasteiger partial charge on any atom is 0.265 e. The van der Waals surface area contributed by atoms with Crippen LogP contribution in [0.15, 0.2) is 48.5 Å². The summed E-state index contributed by atoms with van der Waals surface area (Å²) in [5, 5.41) is 3.11. The summed E-state index contributed by atoms with van der Waals surface area (Å²) < 4.78 is 5.45. The molecule has 1 aliphatic carbocycles. The first kappa shape index (κ1) is 19.6. The maximum absolute atomic E-state index is 13.1. The van der Waals surface area contributed by atoms with Gasteiger partial charge in [0.1, 0.15) is 12.3 Å². The summed E-state index contributed by atoms with van der Waals surface area (Å²) in [6.45, 7) is 0.848. The molecule has 2 aromatic carbocycles. The van der Waals surface area contributed by atoms with Crippen LogP contribution in [-0.4, -0.2) is 54.0 Å². The zero-order valence-corrected chi connectivity index (χ0v) is 17.3. The Labute approximate surface area is 181 Å². The molecule has 0 saturated carbocycles. The lowest BCUT2D eigenvalue weighted by Crippen LogP contribution is -2.51. The first-order valence-electron chi connectivity index (χ1n) is 10.8. The molecule has 160 valence electrons. The van der Waals surface area contributed by atoms with E-state index >= 15 is 0 Å². The Morgan fingerprint density at radius 1 is 0.903 bits per heavy atom. The van der Waals surface area contributed by atoms with Crippen LogP contribution in [-0.2, 0) is 27.2 Å². The van der Waals surface area contributed by atoms with Gasteiger partial charge in [-0.2, -0.15) is 0 Å². The van der Waals surface area contributed by atoms with Crippen LogP contribution in [0.4, 0.5) is 5.69 Å². The molecule has 3 amide bonds. The lowest BCUT2D eigenvalue weighted by Gasteiger charge is -2.33. The van der Waals surface area contributed by atoms with E-state index in [-0.39, 0.29) is 36.8 Å². The van der Waals surface area contributed by atoms with Crippen LogP contribution in [0.25, 0.3) is 0 Å². The van der Waals surface area contributed by atoms with Crippen molar-refractivity contribution in [3.63, 3.8) is 0 Å². The molecular formula is C24H25N3O4. The molecule has 3 aliphatic rings. The number of benzene rings is 2. The van der Waals surface area contributed by atoms with Crippen LogP contribution in [0.3, 0.4) is 0 Å². The van der Waals surface area contributed by atoms with Crippen LogP contribution in [0.1, 0.15) is 24.0 Å². The van der Waals surface area contributed by atoms with E-state index in [1.807, 2.05) is 24.3 Å². The van der Waals surface area contributed by atoms with E-state index in [2.05, 4.69) is 12.1 Å². The number of fused-ring (bicyclic) bond motifs is 2. The number of ether oxygens (including phenoxy) is 1. The van der Waals surface area contributed by atoms with Gasteiger partial charge < -0.3 is 4.74 Å². The largest absolute Gasteiger partial charge is 0.482 e. The third-order valence-electron chi connectivity index (χ3n) is 6.31.